The molecule has 3 atom stereocenters. The van der Waals surface area contributed by atoms with Crippen LogP contribution in [0.5, 0.6) is 5.75 Å². The predicted molar refractivity (Wildman–Crippen MR) is 85.5 cm³/mol. The zero-order valence-electron chi connectivity index (χ0n) is 12.0. The van der Waals surface area contributed by atoms with E-state index in [4.69, 9.17) is 5.73 Å². The maximum atomic E-state index is 9.85. The zero-order valence-corrected chi connectivity index (χ0v) is 12.8. The van der Waals surface area contributed by atoms with Crippen LogP contribution in [0.3, 0.4) is 0 Å². The number of phenolic OH excluding ortho intramolecular Hbond substituents is 1. The van der Waals surface area contributed by atoms with Crippen LogP contribution in [0, 0.1) is 5.92 Å². The van der Waals surface area contributed by atoms with E-state index in [0.29, 0.717) is 11.7 Å². The molecule has 2 nitrogen and oxygen atoms in total. The number of hydrogen-bond donors (Lipinski definition) is 2. The van der Waals surface area contributed by atoms with Crippen molar-refractivity contribution in [3.05, 3.63) is 41.5 Å². The fraction of sp³-hybridized carbons (Fsp3) is 0.529. The second kappa shape index (κ2) is 5.79. The number of fused-ring (bicyclic) bond motifs is 4. The predicted octanol–water partition coefficient (Wildman–Crippen LogP) is 3.70. The standard InChI is InChI=1S/C17H23NO.ClH/c1-2-17-9-5-3-4-6-13(16(17)18)10-12-7-8-14(19)11-15(12)17;/h3-4,7-8,11,13,16,19H,2,5-6,9-10,18H2,1H3;1H/b4-3-;/t13?,16-,17+;/m0./s1. The summed E-state index contributed by atoms with van der Waals surface area (Å²) in [6.45, 7) is 2.24. The Balaban J connectivity index is 0.00000147. The lowest BCUT2D eigenvalue weighted by molar-refractivity contribution is 0.209. The van der Waals surface area contributed by atoms with Crippen LogP contribution in [0.15, 0.2) is 30.4 Å². The average molecular weight is 294 g/mol. The Morgan fingerprint density at radius 2 is 2.15 bits per heavy atom. The molecule has 2 bridgehead atoms. The minimum Gasteiger partial charge on any atom is -0.508 e. The van der Waals surface area contributed by atoms with E-state index in [1.807, 2.05) is 12.1 Å². The number of halogens is 1. The summed E-state index contributed by atoms with van der Waals surface area (Å²) in [7, 11) is 0. The fourth-order valence-corrected chi connectivity index (χ4v) is 4.11. The van der Waals surface area contributed by atoms with Gasteiger partial charge in [-0.05, 0) is 61.3 Å². The summed E-state index contributed by atoms with van der Waals surface area (Å²) < 4.78 is 0. The van der Waals surface area contributed by atoms with Crippen LogP contribution >= 0.6 is 12.4 Å². The summed E-state index contributed by atoms with van der Waals surface area (Å²) in [4.78, 5) is 0. The van der Waals surface area contributed by atoms with Crippen LogP contribution in [0.4, 0.5) is 0 Å². The van der Waals surface area contributed by atoms with Gasteiger partial charge in [0.2, 0.25) is 0 Å². The number of allylic oxidation sites excluding steroid dienone is 2. The number of phenols is 1. The number of benzene rings is 1. The normalized spacial score (nSPS) is 33.3. The highest BCUT2D eigenvalue weighted by Gasteiger charge is 2.45. The molecule has 20 heavy (non-hydrogen) atoms. The number of nitrogens with two attached hydrogens (primary N) is 1. The smallest absolute Gasteiger partial charge is 0.115 e. The molecule has 2 aliphatic rings. The molecule has 3 N–H and O–H groups in total. The highest BCUT2D eigenvalue weighted by atomic mass is 35.5. The lowest BCUT2D eigenvalue weighted by Crippen LogP contribution is -2.53. The Morgan fingerprint density at radius 1 is 1.35 bits per heavy atom. The van der Waals surface area contributed by atoms with Gasteiger partial charge in [-0.15, -0.1) is 12.4 Å². The van der Waals surface area contributed by atoms with Gasteiger partial charge in [-0.2, -0.15) is 0 Å². The summed E-state index contributed by atoms with van der Waals surface area (Å²) in [5, 5.41) is 9.85. The van der Waals surface area contributed by atoms with Gasteiger partial charge in [0.15, 0.2) is 0 Å². The van der Waals surface area contributed by atoms with Crippen LogP contribution in [0.2, 0.25) is 0 Å². The Labute approximate surface area is 127 Å². The first-order chi connectivity index (χ1) is 9.17. The van der Waals surface area contributed by atoms with Crippen molar-refractivity contribution in [2.24, 2.45) is 11.7 Å². The van der Waals surface area contributed by atoms with Crippen molar-refractivity contribution < 1.29 is 5.11 Å². The molecule has 3 rings (SSSR count). The third-order valence-electron chi connectivity index (χ3n) is 5.25. The maximum absolute atomic E-state index is 9.85. The molecule has 0 amide bonds. The van der Waals surface area contributed by atoms with E-state index < -0.39 is 0 Å². The van der Waals surface area contributed by atoms with Crippen molar-refractivity contribution >= 4 is 12.4 Å². The van der Waals surface area contributed by atoms with Crippen LogP contribution in [0.25, 0.3) is 0 Å². The van der Waals surface area contributed by atoms with Gasteiger partial charge < -0.3 is 10.8 Å². The van der Waals surface area contributed by atoms with E-state index in [-0.39, 0.29) is 23.9 Å². The molecular weight excluding hydrogens is 270 g/mol. The van der Waals surface area contributed by atoms with Crippen molar-refractivity contribution in [2.45, 2.75) is 50.5 Å². The number of hydrogen-bond acceptors (Lipinski definition) is 2. The first-order valence-electron chi connectivity index (χ1n) is 7.40. The Kier molecular flexibility index (Phi) is 4.46. The first-order valence-corrected chi connectivity index (χ1v) is 7.40. The summed E-state index contributed by atoms with van der Waals surface area (Å²) in [5.74, 6) is 0.906. The molecule has 1 unspecified atom stereocenters. The van der Waals surface area contributed by atoms with Crippen molar-refractivity contribution in [2.75, 3.05) is 0 Å². The second-order valence-electron chi connectivity index (χ2n) is 6.09. The Morgan fingerprint density at radius 3 is 2.90 bits per heavy atom. The topological polar surface area (TPSA) is 46.2 Å². The average Bonchev–Trinajstić information content (AvgIpc) is 2.41. The summed E-state index contributed by atoms with van der Waals surface area (Å²) >= 11 is 0. The molecule has 110 valence electrons. The maximum Gasteiger partial charge on any atom is 0.115 e. The second-order valence-corrected chi connectivity index (χ2v) is 6.09. The molecule has 0 fully saturated rings. The van der Waals surface area contributed by atoms with Crippen LogP contribution < -0.4 is 5.73 Å². The zero-order chi connectivity index (χ0) is 13.5. The van der Waals surface area contributed by atoms with E-state index in [1.165, 1.54) is 11.1 Å². The van der Waals surface area contributed by atoms with Gasteiger partial charge in [0.05, 0.1) is 0 Å². The van der Waals surface area contributed by atoms with Crippen molar-refractivity contribution in [3.8, 4) is 5.75 Å². The number of aromatic hydroxyl groups is 1. The van der Waals surface area contributed by atoms with Crippen LogP contribution in [0.1, 0.15) is 43.7 Å². The minimum atomic E-state index is 0. The van der Waals surface area contributed by atoms with E-state index in [1.54, 1.807) is 0 Å². The monoisotopic (exact) mass is 293 g/mol. The van der Waals surface area contributed by atoms with Gasteiger partial charge in [-0.25, -0.2) is 0 Å². The molecule has 0 aliphatic heterocycles. The summed E-state index contributed by atoms with van der Waals surface area (Å²) in [6, 6.07) is 6.07. The molecule has 0 spiro atoms. The van der Waals surface area contributed by atoms with Crippen molar-refractivity contribution in [3.63, 3.8) is 0 Å². The van der Waals surface area contributed by atoms with Gasteiger partial charge >= 0.3 is 0 Å². The molecule has 0 saturated carbocycles. The lowest BCUT2D eigenvalue weighted by Gasteiger charge is -2.48. The van der Waals surface area contributed by atoms with E-state index >= 15 is 0 Å². The third kappa shape index (κ3) is 2.25. The van der Waals surface area contributed by atoms with E-state index in [2.05, 4.69) is 25.1 Å². The molecule has 0 heterocycles. The molecule has 3 heteroatoms. The van der Waals surface area contributed by atoms with Gasteiger partial charge in [0, 0.05) is 11.5 Å². The van der Waals surface area contributed by atoms with Crippen LogP contribution in [-0.2, 0) is 11.8 Å². The van der Waals surface area contributed by atoms with Gasteiger partial charge in [0.25, 0.3) is 0 Å². The molecule has 1 aromatic rings. The summed E-state index contributed by atoms with van der Waals surface area (Å²) in [5.41, 5.74) is 9.38. The highest BCUT2D eigenvalue weighted by molar-refractivity contribution is 5.85. The van der Waals surface area contributed by atoms with Crippen LogP contribution in [-0.4, -0.2) is 11.1 Å². The molecule has 2 aliphatic carbocycles. The molecular formula is C17H24ClNO. The Hall–Kier alpha value is -0.990. The molecule has 0 radical (unpaired) electrons. The van der Waals surface area contributed by atoms with Gasteiger partial charge in [0.1, 0.15) is 5.75 Å². The highest BCUT2D eigenvalue weighted by Crippen LogP contribution is 2.47. The van der Waals surface area contributed by atoms with Gasteiger partial charge in [-0.3, -0.25) is 0 Å². The lowest BCUT2D eigenvalue weighted by atomic mass is 9.58. The first kappa shape index (κ1) is 15.4. The largest absolute Gasteiger partial charge is 0.508 e. The van der Waals surface area contributed by atoms with Gasteiger partial charge in [-0.1, -0.05) is 25.1 Å². The van der Waals surface area contributed by atoms with Crippen molar-refractivity contribution in [1.82, 2.24) is 0 Å². The van der Waals surface area contributed by atoms with E-state index in [0.717, 1.165) is 32.1 Å². The third-order valence-corrected chi connectivity index (χ3v) is 5.25. The fourth-order valence-electron chi connectivity index (χ4n) is 4.11. The molecule has 0 saturated heterocycles. The van der Waals surface area contributed by atoms with Crippen molar-refractivity contribution in [1.29, 1.82) is 0 Å². The molecule has 0 aromatic heterocycles. The number of rotatable bonds is 1. The quantitative estimate of drug-likeness (QED) is 0.776. The Bertz CT molecular complexity index is 514. The molecule has 1 aromatic carbocycles. The minimum absolute atomic E-state index is 0. The summed E-state index contributed by atoms with van der Waals surface area (Å²) in [6.07, 6.45) is 9.96. The van der Waals surface area contributed by atoms with E-state index in [9.17, 15) is 5.11 Å². The SMILES string of the molecule is CC[C@@]12CC/C=C\CC(Cc3ccc(O)cc31)[C@@H]2N.Cl.